The zero-order valence-corrected chi connectivity index (χ0v) is 12.5. The first-order chi connectivity index (χ1) is 10.7. The molecular formula is C16H19N3O3. The van der Waals surface area contributed by atoms with E-state index in [4.69, 9.17) is 4.74 Å². The molecule has 1 amide bonds. The van der Waals surface area contributed by atoms with Crippen molar-refractivity contribution >= 4 is 6.41 Å². The second kappa shape index (κ2) is 6.09. The number of aromatic nitrogens is 2. The molecule has 1 aromatic carbocycles. The first-order valence-corrected chi connectivity index (χ1v) is 7.36. The summed E-state index contributed by atoms with van der Waals surface area (Å²) < 4.78 is 6.96. The van der Waals surface area contributed by atoms with E-state index < -0.39 is 0 Å². The number of amides is 1. The number of H-pyrrole nitrogens is 1. The molecule has 0 atom stereocenters. The molecule has 6 heteroatoms. The molecule has 1 aromatic heterocycles. The van der Waals surface area contributed by atoms with Crippen LogP contribution in [0.2, 0.25) is 0 Å². The summed E-state index contributed by atoms with van der Waals surface area (Å²) in [7, 11) is 1.62. The highest BCUT2D eigenvalue weighted by atomic mass is 16.5. The van der Waals surface area contributed by atoms with Crippen LogP contribution in [0.4, 0.5) is 0 Å². The van der Waals surface area contributed by atoms with Gasteiger partial charge in [0, 0.05) is 30.9 Å². The topological polar surface area (TPSA) is 67.3 Å². The van der Waals surface area contributed by atoms with Gasteiger partial charge in [-0.2, -0.15) is 0 Å². The molecule has 116 valence electrons. The minimum absolute atomic E-state index is 0.109. The zero-order valence-electron chi connectivity index (χ0n) is 12.5. The molecule has 1 N–H and O–H groups in total. The number of ether oxygens (including phenoxy) is 1. The van der Waals surface area contributed by atoms with E-state index in [-0.39, 0.29) is 11.7 Å². The Morgan fingerprint density at radius 1 is 1.32 bits per heavy atom. The van der Waals surface area contributed by atoms with Crippen LogP contribution >= 0.6 is 0 Å². The van der Waals surface area contributed by atoms with Crippen molar-refractivity contribution in [3.8, 4) is 17.0 Å². The summed E-state index contributed by atoms with van der Waals surface area (Å²) in [6, 6.07) is 7.73. The number of piperidine rings is 1. The maximum Gasteiger partial charge on any atom is 0.326 e. The highest BCUT2D eigenvalue weighted by Crippen LogP contribution is 2.25. The summed E-state index contributed by atoms with van der Waals surface area (Å²) in [6.07, 6.45) is 4.33. The number of likely N-dealkylation sites (tertiary alicyclic amines) is 1. The van der Waals surface area contributed by atoms with E-state index in [0.717, 1.165) is 36.3 Å². The summed E-state index contributed by atoms with van der Waals surface area (Å²) in [5, 5.41) is 0. The Bertz CT molecular complexity index is 711. The SMILES string of the molecule is COc1cccc(-c2cn(C3CCN(C=O)CC3)c(=O)[nH]2)c1. The second-order valence-corrected chi connectivity index (χ2v) is 5.48. The fourth-order valence-corrected chi connectivity index (χ4v) is 2.89. The Morgan fingerprint density at radius 2 is 2.09 bits per heavy atom. The van der Waals surface area contributed by atoms with Gasteiger partial charge in [-0.3, -0.25) is 9.36 Å². The Balaban J connectivity index is 1.85. The van der Waals surface area contributed by atoms with Crippen molar-refractivity contribution in [3.05, 3.63) is 40.9 Å². The van der Waals surface area contributed by atoms with Gasteiger partial charge in [-0.05, 0) is 25.0 Å². The van der Waals surface area contributed by atoms with Crippen LogP contribution in [0, 0.1) is 0 Å². The minimum Gasteiger partial charge on any atom is -0.497 e. The van der Waals surface area contributed by atoms with Crippen molar-refractivity contribution in [1.29, 1.82) is 0 Å². The smallest absolute Gasteiger partial charge is 0.326 e. The summed E-state index contributed by atoms with van der Waals surface area (Å²) >= 11 is 0. The number of hydrogen-bond donors (Lipinski definition) is 1. The number of imidazole rings is 1. The maximum absolute atomic E-state index is 12.2. The molecule has 2 heterocycles. The van der Waals surface area contributed by atoms with Crippen LogP contribution in [0.3, 0.4) is 0 Å². The zero-order chi connectivity index (χ0) is 15.5. The standard InChI is InChI=1S/C16H19N3O3/c1-22-14-4-2-3-12(9-14)15-10-19(16(21)17-15)13-5-7-18(11-20)8-6-13/h2-4,9-11,13H,5-8H2,1H3,(H,17,21). The fourth-order valence-electron chi connectivity index (χ4n) is 2.89. The van der Waals surface area contributed by atoms with Crippen LogP contribution in [0.1, 0.15) is 18.9 Å². The van der Waals surface area contributed by atoms with Gasteiger partial charge in [0.15, 0.2) is 0 Å². The van der Waals surface area contributed by atoms with Crippen molar-refractivity contribution < 1.29 is 9.53 Å². The van der Waals surface area contributed by atoms with E-state index >= 15 is 0 Å². The number of carbonyl (C=O) groups is 1. The number of nitrogens with zero attached hydrogens (tertiary/aromatic N) is 2. The average molecular weight is 301 g/mol. The van der Waals surface area contributed by atoms with Crippen LogP contribution in [0.25, 0.3) is 11.3 Å². The third kappa shape index (κ3) is 2.77. The van der Waals surface area contributed by atoms with E-state index in [1.807, 2.05) is 30.5 Å². The Labute approximate surface area is 128 Å². The second-order valence-electron chi connectivity index (χ2n) is 5.48. The van der Waals surface area contributed by atoms with Gasteiger partial charge in [0.2, 0.25) is 6.41 Å². The number of benzene rings is 1. The van der Waals surface area contributed by atoms with Crippen molar-refractivity contribution in [2.24, 2.45) is 0 Å². The van der Waals surface area contributed by atoms with E-state index in [0.29, 0.717) is 13.1 Å². The van der Waals surface area contributed by atoms with Crippen LogP contribution in [0.15, 0.2) is 35.3 Å². The van der Waals surface area contributed by atoms with Crippen LogP contribution in [-0.4, -0.2) is 41.1 Å². The molecule has 1 aliphatic heterocycles. The van der Waals surface area contributed by atoms with Gasteiger partial charge in [-0.25, -0.2) is 4.79 Å². The van der Waals surface area contributed by atoms with Crippen molar-refractivity contribution in [1.82, 2.24) is 14.5 Å². The lowest BCUT2D eigenvalue weighted by Crippen LogP contribution is -2.35. The third-order valence-corrected chi connectivity index (χ3v) is 4.17. The summed E-state index contributed by atoms with van der Waals surface area (Å²) in [4.78, 5) is 27.6. The van der Waals surface area contributed by atoms with Gasteiger partial charge in [-0.1, -0.05) is 12.1 Å². The maximum atomic E-state index is 12.2. The van der Waals surface area contributed by atoms with E-state index in [2.05, 4.69) is 4.98 Å². The third-order valence-electron chi connectivity index (χ3n) is 4.17. The summed E-state index contributed by atoms with van der Waals surface area (Å²) in [6.45, 7) is 1.39. The van der Waals surface area contributed by atoms with Crippen molar-refractivity contribution in [2.75, 3.05) is 20.2 Å². The monoisotopic (exact) mass is 301 g/mol. The Kier molecular flexibility index (Phi) is 4.00. The lowest BCUT2D eigenvalue weighted by Gasteiger charge is -2.29. The molecule has 1 saturated heterocycles. The molecule has 0 spiro atoms. The molecule has 3 rings (SSSR count). The van der Waals surface area contributed by atoms with Gasteiger partial charge >= 0.3 is 5.69 Å². The van der Waals surface area contributed by atoms with Crippen LogP contribution in [0.5, 0.6) is 5.75 Å². The first-order valence-electron chi connectivity index (χ1n) is 7.36. The molecule has 0 saturated carbocycles. The van der Waals surface area contributed by atoms with Crippen LogP contribution < -0.4 is 10.4 Å². The molecule has 1 aliphatic rings. The molecule has 2 aromatic rings. The number of rotatable bonds is 4. The predicted octanol–water partition coefficient (Wildman–Crippen LogP) is 1.65. The molecule has 0 bridgehead atoms. The highest BCUT2D eigenvalue weighted by Gasteiger charge is 2.21. The number of nitrogens with one attached hydrogen (secondary N) is 1. The fraction of sp³-hybridized carbons (Fsp3) is 0.375. The van der Waals surface area contributed by atoms with Gasteiger partial charge in [0.05, 0.1) is 12.8 Å². The highest BCUT2D eigenvalue weighted by molar-refractivity contribution is 5.60. The lowest BCUT2D eigenvalue weighted by atomic mass is 10.1. The summed E-state index contributed by atoms with van der Waals surface area (Å²) in [5.74, 6) is 0.755. The van der Waals surface area contributed by atoms with Gasteiger partial charge in [-0.15, -0.1) is 0 Å². The molecule has 22 heavy (non-hydrogen) atoms. The molecular weight excluding hydrogens is 282 g/mol. The number of methoxy groups -OCH3 is 1. The van der Waals surface area contributed by atoms with E-state index in [9.17, 15) is 9.59 Å². The molecule has 0 unspecified atom stereocenters. The molecule has 0 radical (unpaired) electrons. The number of carbonyl (C=O) groups excluding carboxylic acids is 1. The quantitative estimate of drug-likeness (QED) is 0.873. The average Bonchev–Trinajstić information content (AvgIpc) is 2.97. The number of aromatic amines is 1. The molecule has 1 fully saturated rings. The number of hydrogen-bond acceptors (Lipinski definition) is 3. The van der Waals surface area contributed by atoms with Crippen molar-refractivity contribution in [3.63, 3.8) is 0 Å². The largest absolute Gasteiger partial charge is 0.497 e. The van der Waals surface area contributed by atoms with Gasteiger partial charge in [0.1, 0.15) is 5.75 Å². The normalized spacial score (nSPS) is 15.8. The minimum atomic E-state index is -0.109. The lowest BCUT2D eigenvalue weighted by molar-refractivity contribution is -0.119. The van der Waals surface area contributed by atoms with Crippen molar-refractivity contribution in [2.45, 2.75) is 18.9 Å². The molecule has 0 aliphatic carbocycles. The van der Waals surface area contributed by atoms with E-state index in [1.165, 1.54) is 0 Å². The summed E-state index contributed by atoms with van der Waals surface area (Å²) in [5.41, 5.74) is 1.59. The Morgan fingerprint density at radius 3 is 2.77 bits per heavy atom. The predicted molar refractivity (Wildman–Crippen MR) is 82.9 cm³/mol. The first kappa shape index (κ1) is 14.4. The van der Waals surface area contributed by atoms with Gasteiger partial charge < -0.3 is 14.6 Å². The molecule has 6 nitrogen and oxygen atoms in total. The van der Waals surface area contributed by atoms with Crippen LogP contribution in [-0.2, 0) is 4.79 Å². The van der Waals surface area contributed by atoms with Gasteiger partial charge in [0.25, 0.3) is 0 Å². The Hall–Kier alpha value is -2.50. The van der Waals surface area contributed by atoms with E-state index in [1.54, 1.807) is 16.6 Å².